The number of hydrogen-bond donors (Lipinski definition) is 0. The van der Waals surface area contributed by atoms with E-state index < -0.39 is 0 Å². The fourth-order valence-corrected chi connectivity index (χ4v) is 0.692. The predicted molar refractivity (Wildman–Crippen MR) is 40.8 cm³/mol. The summed E-state index contributed by atoms with van der Waals surface area (Å²) in [6.07, 6.45) is 5.34. The van der Waals surface area contributed by atoms with E-state index in [-0.39, 0.29) is 0 Å². The summed E-state index contributed by atoms with van der Waals surface area (Å²) in [5.74, 6) is 0.510. The quantitative estimate of drug-likeness (QED) is 0.602. The highest BCUT2D eigenvalue weighted by Gasteiger charge is 1.88. The Labute approximate surface area is 64.3 Å². The van der Waals surface area contributed by atoms with Gasteiger partial charge >= 0.3 is 0 Å². The van der Waals surface area contributed by atoms with Crippen LogP contribution in [0.3, 0.4) is 0 Å². The van der Waals surface area contributed by atoms with Gasteiger partial charge in [-0.05, 0) is 6.08 Å². The number of alkyl halides is 1. The molecule has 0 fully saturated rings. The zero-order chi connectivity index (χ0) is 7.40. The van der Waals surface area contributed by atoms with Crippen molar-refractivity contribution in [1.29, 1.82) is 0 Å². The Morgan fingerprint density at radius 2 is 2.60 bits per heavy atom. The van der Waals surface area contributed by atoms with Crippen molar-refractivity contribution in [3.8, 4) is 0 Å². The van der Waals surface area contributed by atoms with Crippen LogP contribution in [0.2, 0.25) is 0 Å². The molecule has 1 heterocycles. The van der Waals surface area contributed by atoms with E-state index in [9.17, 15) is 0 Å². The normalized spacial score (nSPS) is 11.0. The third kappa shape index (κ3) is 1.84. The van der Waals surface area contributed by atoms with Crippen molar-refractivity contribution in [3.63, 3.8) is 0 Å². The summed E-state index contributed by atoms with van der Waals surface area (Å²) in [7, 11) is 1.78. The number of halogens is 1. The lowest BCUT2D eigenvalue weighted by atomic mass is 10.4. The Balaban J connectivity index is 2.67. The molecule has 0 aliphatic carbocycles. The largest absolute Gasteiger partial charge is 0.187 e. The monoisotopic (exact) mass is 157 g/mol. The first-order valence-corrected chi connectivity index (χ1v) is 3.45. The van der Waals surface area contributed by atoms with Gasteiger partial charge in [0.05, 0.1) is 6.20 Å². The molecule has 0 saturated heterocycles. The second kappa shape index (κ2) is 3.37. The standard InChI is InChI=1S/C6H8ClN3/c1-10-8-5-6(9-10)3-2-4-7/h2-3,5H,4H2,1H3/b3-2+. The Hall–Kier alpha value is -0.830. The van der Waals surface area contributed by atoms with Crippen molar-refractivity contribution in [1.82, 2.24) is 15.0 Å². The van der Waals surface area contributed by atoms with Gasteiger partial charge in [0, 0.05) is 12.9 Å². The van der Waals surface area contributed by atoms with Gasteiger partial charge in [0.25, 0.3) is 0 Å². The van der Waals surface area contributed by atoms with Gasteiger partial charge in [-0.15, -0.1) is 11.6 Å². The number of aromatic nitrogens is 3. The van der Waals surface area contributed by atoms with Gasteiger partial charge in [0.2, 0.25) is 0 Å². The third-order valence-electron chi connectivity index (χ3n) is 0.995. The molecule has 0 bridgehead atoms. The molecule has 3 nitrogen and oxygen atoms in total. The predicted octanol–water partition coefficient (Wildman–Crippen LogP) is 1.07. The molecule has 4 heteroatoms. The summed E-state index contributed by atoms with van der Waals surface area (Å²) in [4.78, 5) is 1.51. The maximum absolute atomic E-state index is 5.42. The molecular formula is C6H8ClN3. The van der Waals surface area contributed by atoms with Crippen molar-refractivity contribution in [2.24, 2.45) is 7.05 Å². The van der Waals surface area contributed by atoms with E-state index in [0.29, 0.717) is 5.88 Å². The van der Waals surface area contributed by atoms with E-state index >= 15 is 0 Å². The number of hydrogen-bond acceptors (Lipinski definition) is 2. The smallest absolute Gasteiger partial charge is 0.105 e. The summed E-state index contributed by atoms with van der Waals surface area (Å²) in [5.41, 5.74) is 0.836. The molecule has 0 unspecified atom stereocenters. The number of aryl methyl sites for hydroxylation is 1. The lowest BCUT2D eigenvalue weighted by Gasteiger charge is -1.80. The second-order valence-electron chi connectivity index (χ2n) is 1.82. The topological polar surface area (TPSA) is 30.7 Å². The van der Waals surface area contributed by atoms with Crippen LogP contribution in [0.25, 0.3) is 6.08 Å². The first kappa shape index (κ1) is 7.28. The molecule has 1 aromatic rings. The Morgan fingerprint density at radius 3 is 3.10 bits per heavy atom. The SMILES string of the molecule is Cn1ncc(/C=C/CCl)n1. The van der Waals surface area contributed by atoms with E-state index in [1.807, 2.05) is 12.2 Å². The van der Waals surface area contributed by atoms with Gasteiger partial charge in [0.1, 0.15) is 5.69 Å². The molecule has 0 amide bonds. The summed E-state index contributed by atoms with van der Waals surface area (Å²) in [6.45, 7) is 0. The Bertz CT molecular complexity index is 229. The molecule has 0 aliphatic rings. The van der Waals surface area contributed by atoms with Gasteiger partial charge in [-0.3, -0.25) is 0 Å². The summed E-state index contributed by atoms with van der Waals surface area (Å²) >= 11 is 5.42. The summed E-state index contributed by atoms with van der Waals surface area (Å²) in [5, 5.41) is 7.89. The minimum atomic E-state index is 0.510. The van der Waals surface area contributed by atoms with Crippen molar-refractivity contribution in [2.75, 3.05) is 5.88 Å². The second-order valence-corrected chi connectivity index (χ2v) is 2.12. The van der Waals surface area contributed by atoms with Crippen LogP contribution in [0.15, 0.2) is 12.3 Å². The van der Waals surface area contributed by atoms with E-state index in [4.69, 9.17) is 11.6 Å². The van der Waals surface area contributed by atoms with Gasteiger partial charge < -0.3 is 0 Å². The minimum Gasteiger partial charge on any atom is -0.187 e. The molecule has 0 spiro atoms. The first-order chi connectivity index (χ1) is 4.83. The molecule has 0 aliphatic heterocycles. The van der Waals surface area contributed by atoms with Crippen LogP contribution in [-0.2, 0) is 7.05 Å². The van der Waals surface area contributed by atoms with Gasteiger partial charge in [-0.25, -0.2) is 0 Å². The average molecular weight is 158 g/mol. The van der Waals surface area contributed by atoms with Crippen molar-refractivity contribution in [3.05, 3.63) is 18.0 Å². The number of rotatable bonds is 2. The first-order valence-electron chi connectivity index (χ1n) is 2.92. The van der Waals surface area contributed by atoms with Crippen LogP contribution in [0.4, 0.5) is 0 Å². The number of allylic oxidation sites excluding steroid dienone is 1. The third-order valence-corrected chi connectivity index (χ3v) is 1.17. The molecule has 0 atom stereocenters. The molecule has 1 rings (SSSR count). The molecule has 10 heavy (non-hydrogen) atoms. The zero-order valence-corrected chi connectivity index (χ0v) is 6.41. The fraction of sp³-hybridized carbons (Fsp3) is 0.333. The minimum absolute atomic E-state index is 0.510. The number of nitrogens with zero attached hydrogens (tertiary/aromatic N) is 3. The van der Waals surface area contributed by atoms with Crippen LogP contribution in [0, 0.1) is 0 Å². The molecule has 0 N–H and O–H groups in total. The lowest BCUT2D eigenvalue weighted by Crippen LogP contribution is -1.91. The van der Waals surface area contributed by atoms with E-state index in [0.717, 1.165) is 5.69 Å². The maximum Gasteiger partial charge on any atom is 0.105 e. The lowest BCUT2D eigenvalue weighted by molar-refractivity contribution is 0.652. The molecular weight excluding hydrogens is 150 g/mol. The fourth-order valence-electron chi connectivity index (χ4n) is 0.603. The molecule has 0 aromatic carbocycles. The molecule has 1 aromatic heterocycles. The van der Waals surface area contributed by atoms with Crippen molar-refractivity contribution < 1.29 is 0 Å². The highest BCUT2D eigenvalue weighted by Crippen LogP contribution is 1.93. The average Bonchev–Trinajstić information content (AvgIpc) is 2.31. The highest BCUT2D eigenvalue weighted by molar-refractivity contribution is 6.19. The summed E-state index contributed by atoms with van der Waals surface area (Å²) < 4.78 is 0. The Morgan fingerprint density at radius 1 is 1.80 bits per heavy atom. The van der Waals surface area contributed by atoms with Crippen LogP contribution < -0.4 is 0 Å². The molecule has 0 saturated carbocycles. The maximum atomic E-state index is 5.42. The van der Waals surface area contributed by atoms with Crippen LogP contribution >= 0.6 is 11.6 Å². The van der Waals surface area contributed by atoms with Crippen LogP contribution in [-0.4, -0.2) is 20.9 Å². The van der Waals surface area contributed by atoms with Crippen molar-refractivity contribution >= 4 is 17.7 Å². The van der Waals surface area contributed by atoms with Gasteiger partial charge in [0.15, 0.2) is 0 Å². The van der Waals surface area contributed by atoms with E-state index in [2.05, 4.69) is 10.2 Å². The van der Waals surface area contributed by atoms with E-state index in [1.165, 1.54) is 4.80 Å². The molecule has 54 valence electrons. The zero-order valence-electron chi connectivity index (χ0n) is 5.66. The molecule has 0 radical (unpaired) electrons. The van der Waals surface area contributed by atoms with Crippen molar-refractivity contribution in [2.45, 2.75) is 0 Å². The van der Waals surface area contributed by atoms with Gasteiger partial charge in [-0.2, -0.15) is 15.0 Å². The summed E-state index contributed by atoms with van der Waals surface area (Å²) in [6, 6.07) is 0. The van der Waals surface area contributed by atoms with E-state index in [1.54, 1.807) is 13.2 Å². The Kier molecular flexibility index (Phi) is 2.45. The van der Waals surface area contributed by atoms with Gasteiger partial charge in [-0.1, -0.05) is 6.08 Å². The highest BCUT2D eigenvalue weighted by atomic mass is 35.5. The van der Waals surface area contributed by atoms with Crippen LogP contribution in [0.1, 0.15) is 5.69 Å². The van der Waals surface area contributed by atoms with Crippen LogP contribution in [0.5, 0.6) is 0 Å².